The van der Waals surface area contributed by atoms with Crippen LogP contribution in [0.15, 0.2) is 62.3 Å². The van der Waals surface area contributed by atoms with Gasteiger partial charge in [-0.2, -0.15) is 0 Å². The molecule has 10 N–H and O–H groups in total. The Bertz CT molecular complexity index is 2180. The molecule has 0 bridgehead atoms. The number of nitrogens with zero attached hydrogens (tertiary/aromatic N) is 1. The maximum atomic E-state index is 11.7. The van der Waals surface area contributed by atoms with Gasteiger partial charge in [-0.3, -0.25) is 4.79 Å². The van der Waals surface area contributed by atoms with Crippen LogP contribution in [0.5, 0.6) is 51.7 Å². The first kappa shape index (κ1) is 37.8. The van der Waals surface area contributed by atoms with Crippen LogP contribution in [-0.4, -0.2) is 55.9 Å². The molecule has 0 spiro atoms. The second-order valence-electron chi connectivity index (χ2n) is 10.6. The fraction of sp³-hybridized carbons (Fsp3) is 0.0882. The summed E-state index contributed by atoms with van der Waals surface area (Å²) in [5.41, 5.74) is 1.99. The van der Waals surface area contributed by atoms with Gasteiger partial charge in [-0.1, -0.05) is 24.4 Å². The number of halogens is 2. The number of rotatable bonds is 6. The summed E-state index contributed by atoms with van der Waals surface area (Å²) in [6.45, 7) is 3.48. The van der Waals surface area contributed by atoms with E-state index < -0.39 is 34.2 Å². The molecule has 1 aliphatic carbocycles. The van der Waals surface area contributed by atoms with Crippen LogP contribution >= 0.6 is 55.4 Å². The van der Waals surface area contributed by atoms with Gasteiger partial charge in [0.2, 0.25) is 0 Å². The van der Waals surface area contributed by atoms with E-state index in [0.29, 0.717) is 51.8 Å². The molecule has 0 aromatic heterocycles. The lowest BCUT2D eigenvalue weighted by Gasteiger charge is -2.16. The van der Waals surface area contributed by atoms with Crippen LogP contribution in [0, 0.1) is 6.92 Å². The van der Waals surface area contributed by atoms with Crippen molar-refractivity contribution >= 4 is 78.6 Å². The molecule has 12 nitrogen and oxygen atoms in total. The highest BCUT2D eigenvalue weighted by atomic mass is 79.9. The van der Waals surface area contributed by atoms with Gasteiger partial charge in [0, 0.05) is 17.3 Å². The second-order valence-corrected chi connectivity index (χ2v) is 13.6. The smallest absolute Gasteiger partial charge is 0.263 e. The third kappa shape index (κ3) is 8.39. The summed E-state index contributed by atoms with van der Waals surface area (Å²) in [5, 5.41) is 89.8. The van der Waals surface area contributed by atoms with Crippen molar-refractivity contribution in [1.29, 1.82) is 0 Å². The molecule has 0 radical (unpaired) electrons. The standard InChI is InChI=1S/C17H12BrNO5S.C17H16BrNO5S/c1-7-9-6-11(21)15(23)16(24)17(9)25-12(19-7)5-3-8-2-4-10(20)14(22)13(8)18;1-8(10-6-12(21)16(23)13(22)7-10)19-14(25)5-3-9-2-4-11(20)17(24)15(9)18/h2-6,20-22,24H,1H3;2-8,20-24H,1H3,(H,19,25)/b2*5-3+. The Morgan fingerprint density at radius 1 is 0.760 bits per heavy atom. The van der Waals surface area contributed by atoms with Crippen molar-refractivity contribution in [3.05, 3.63) is 95.1 Å². The molecule has 1 heterocycles. The Balaban J connectivity index is 0.000000225. The monoisotopic (exact) mass is 846 g/mol. The SMILES string of the molecule is CC(NC(=S)/C=C/c1ccc(O)c(O)c1Br)c1cc(O)c(O)c(O)c1.Cc1nc(/C=C/c2ccc(O)c(O)c2Br)sc2c(O)c(=O)c(O)cc1-2. The van der Waals surface area contributed by atoms with Crippen LogP contribution in [0.4, 0.5) is 0 Å². The van der Waals surface area contributed by atoms with Gasteiger partial charge in [0.1, 0.15) is 5.01 Å². The Hall–Kier alpha value is -5.03. The number of phenolic OH excluding ortho intramolecular Hbond substituents is 9. The van der Waals surface area contributed by atoms with E-state index in [4.69, 9.17) is 12.2 Å². The van der Waals surface area contributed by atoms with Gasteiger partial charge in [0.15, 0.2) is 51.7 Å². The zero-order chi connectivity index (χ0) is 37.0. The van der Waals surface area contributed by atoms with E-state index >= 15 is 0 Å². The lowest BCUT2D eigenvalue weighted by atomic mass is 10.1. The van der Waals surface area contributed by atoms with E-state index in [2.05, 4.69) is 42.2 Å². The predicted molar refractivity (Wildman–Crippen MR) is 202 cm³/mol. The lowest BCUT2D eigenvalue weighted by molar-refractivity contribution is 0.366. The van der Waals surface area contributed by atoms with E-state index in [-0.39, 0.29) is 29.0 Å². The van der Waals surface area contributed by atoms with Crippen molar-refractivity contribution in [3.63, 3.8) is 0 Å². The molecule has 1 aliphatic heterocycles. The first-order chi connectivity index (χ1) is 23.5. The van der Waals surface area contributed by atoms with Crippen LogP contribution in [0.2, 0.25) is 0 Å². The molecule has 1 atom stereocenters. The molecule has 5 rings (SSSR count). The van der Waals surface area contributed by atoms with E-state index in [0.717, 1.165) is 11.3 Å². The number of phenols is 9. The molecular formula is C34H28Br2N2O10S2. The zero-order valence-corrected chi connectivity index (χ0v) is 30.7. The van der Waals surface area contributed by atoms with Gasteiger partial charge in [-0.25, -0.2) is 4.98 Å². The minimum absolute atomic E-state index is 0.231. The fourth-order valence-electron chi connectivity index (χ4n) is 4.36. The minimum atomic E-state index is -0.824. The number of thiocarbonyl (C=S) groups is 1. The lowest BCUT2D eigenvalue weighted by Crippen LogP contribution is -2.23. The average molecular weight is 849 g/mol. The van der Waals surface area contributed by atoms with Crippen LogP contribution in [-0.2, 0) is 0 Å². The third-order valence-corrected chi connectivity index (χ3v) is 10.1. The normalized spacial score (nSPS) is 11.8. The maximum Gasteiger partial charge on any atom is 0.263 e. The highest BCUT2D eigenvalue weighted by Gasteiger charge is 2.19. The summed E-state index contributed by atoms with van der Waals surface area (Å²) in [5.74, 6) is -3.44. The van der Waals surface area contributed by atoms with E-state index in [1.54, 1.807) is 50.3 Å². The second kappa shape index (κ2) is 15.7. The Morgan fingerprint density at radius 3 is 1.86 bits per heavy atom. The van der Waals surface area contributed by atoms with E-state index in [9.17, 15) is 50.8 Å². The molecule has 3 aromatic carbocycles. The van der Waals surface area contributed by atoms with Crippen molar-refractivity contribution in [3.8, 4) is 62.2 Å². The summed E-state index contributed by atoms with van der Waals surface area (Å²) in [6.07, 6.45) is 6.58. The molecule has 0 fully saturated rings. The molecule has 16 heteroatoms. The van der Waals surface area contributed by atoms with Crippen LogP contribution < -0.4 is 10.7 Å². The number of aromatic hydroxyl groups is 9. The topological polar surface area (TPSA) is 224 Å². The van der Waals surface area contributed by atoms with Crippen LogP contribution in [0.1, 0.15) is 40.4 Å². The summed E-state index contributed by atoms with van der Waals surface area (Å²) in [6, 6.07) is 9.55. The number of nitrogens with one attached hydrogen (secondary N) is 1. The van der Waals surface area contributed by atoms with Gasteiger partial charge >= 0.3 is 0 Å². The van der Waals surface area contributed by atoms with Gasteiger partial charge in [-0.05, 0) is 117 Å². The molecule has 0 amide bonds. The minimum Gasteiger partial charge on any atom is -0.504 e. The number of aromatic nitrogens is 1. The zero-order valence-electron chi connectivity index (χ0n) is 25.9. The number of hydrogen-bond acceptors (Lipinski definition) is 13. The summed E-state index contributed by atoms with van der Waals surface area (Å²) < 4.78 is 0.675. The number of aryl methyl sites for hydroxylation is 1. The first-order valence-electron chi connectivity index (χ1n) is 14.2. The number of benzene rings is 4. The highest BCUT2D eigenvalue weighted by molar-refractivity contribution is 9.11. The summed E-state index contributed by atoms with van der Waals surface area (Å²) in [7, 11) is 0. The van der Waals surface area contributed by atoms with Crippen LogP contribution in [0.3, 0.4) is 0 Å². The van der Waals surface area contributed by atoms with Crippen molar-refractivity contribution in [2.75, 3.05) is 0 Å². The molecule has 260 valence electrons. The van der Waals surface area contributed by atoms with Crippen molar-refractivity contribution in [2.45, 2.75) is 19.9 Å². The molecule has 3 aromatic rings. The van der Waals surface area contributed by atoms with Crippen molar-refractivity contribution in [2.24, 2.45) is 0 Å². The molecule has 2 aliphatic rings. The van der Waals surface area contributed by atoms with E-state index in [1.165, 1.54) is 30.3 Å². The predicted octanol–water partition coefficient (Wildman–Crippen LogP) is 7.34. The van der Waals surface area contributed by atoms with Crippen molar-refractivity contribution in [1.82, 2.24) is 10.3 Å². The van der Waals surface area contributed by atoms with Gasteiger partial charge in [0.05, 0.1) is 18.8 Å². The molecule has 1 unspecified atom stereocenters. The average Bonchev–Trinajstić information content (AvgIpc) is 3.07. The Morgan fingerprint density at radius 2 is 1.30 bits per heavy atom. The van der Waals surface area contributed by atoms with Gasteiger partial charge in [0.25, 0.3) is 5.43 Å². The Kier molecular flexibility index (Phi) is 11.8. The molecule has 50 heavy (non-hydrogen) atoms. The fourth-order valence-corrected chi connectivity index (χ4v) is 6.57. The summed E-state index contributed by atoms with van der Waals surface area (Å²) in [4.78, 5) is 16.8. The third-order valence-electron chi connectivity index (χ3n) is 7.08. The van der Waals surface area contributed by atoms with Crippen LogP contribution in [0.25, 0.3) is 28.7 Å². The Labute approximate surface area is 310 Å². The molecule has 0 saturated heterocycles. The van der Waals surface area contributed by atoms with Gasteiger partial charge in [-0.15, -0.1) is 11.3 Å². The molecule has 0 saturated carbocycles. The van der Waals surface area contributed by atoms with Crippen molar-refractivity contribution < 1.29 is 46.0 Å². The quantitative estimate of drug-likeness (QED) is 0.0460. The van der Waals surface area contributed by atoms with E-state index in [1.807, 2.05) is 0 Å². The highest BCUT2D eigenvalue weighted by Crippen LogP contribution is 2.40. The number of hydrogen-bond donors (Lipinski definition) is 10. The maximum absolute atomic E-state index is 11.7. The number of fused-ring (bicyclic) bond motifs is 1. The van der Waals surface area contributed by atoms with Gasteiger partial charge < -0.3 is 51.3 Å². The first-order valence-corrected chi connectivity index (χ1v) is 17.0. The molecular weight excluding hydrogens is 820 g/mol. The summed E-state index contributed by atoms with van der Waals surface area (Å²) >= 11 is 12.7. The largest absolute Gasteiger partial charge is 0.504 e.